The number of alkyl halides is 3. The third kappa shape index (κ3) is 5.13. The Morgan fingerprint density at radius 1 is 1.09 bits per heavy atom. The normalized spacial score (nSPS) is 12.3. The quantitative estimate of drug-likeness (QED) is 0.597. The molecule has 3 aromatic rings. The summed E-state index contributed by atoms with van der Waals surface area (Å²) in [6.07, 6.45) is -4.44. The fraction of sp³-hybridized carbons (Fsp3) is 0.364. The molecule has 0 aliphatic carbocycles. The molecule has 0 saturated carbocycles. The summed E-state index contributed by atoms with van der Waals surface area (Å²) in [6.45, 7) is 6.90. The molecule has 2 aromatic carbocycles. The Labute approximate surface area is 183 Å². The number of benzene rings is 2. The van der Waals surface area contributed by atoms with Gasteiger partial charge in [-0.05, 0) is 65.7 Å². The Bertz CT molecular complexity index is 1110. The Kier molecular flexibility index (Phi) is 6.36. The number of nitrogens with one attached hydrogen (secondary N) is 1. The average molecular weight is 447 g/mol. The van der Waals surface area contributed by atoms with E-state index >= 15 is 0 Å². The number of halogens is 3. The molecule has 0 radical (unpaired) electrons. The molecular weight excluding hydrogens is 423 g/mol. The van der Waals surface area contributed by atoms with Crippen LogP contribution in [0.1, 0.15) is 55.4 Å². The van der Waals surface area contributed by atoms with E-state index in [1.165, 1.54) is 16.8 Å². The van der Waals surface area contributed by atoms with Crippen LogP contribution in [0.25, 0.3) is 16.8 Å². The molecule has 0 bridgehead atoms. The first-order valence-corrected chi connectivity index (χ1v) is 9.96. The standard InChI is InChI=1S/C22H24F3N5O2/c1-13(2)19-27-28-29-30(19)18-10-15(14-5-7-17(8-6-14)22(23,24)25)9-16(11-18)20(32)26-21(3,4)12-31/h5-11,13,31H,12H2,1-4H3,(H,26,32). The van der Waals surface area contributed by atoms with Crippen LogP contribution in [0, 0.1) is 0 Å². The van der Waals surface area contributed by atoms with Crippen molar-refractivity contribution < 1.29 is 23.1 Å². The van der Waals surface area contributed by atoms with Crippen molar-refractivity contribution in [2.75, 3.05) is 6.61 Å². The maximum absolute atomic E-state index is 13.0. The van der Waals surface area contributed by atoms with E-state index in [1.54, 1.807) is 32.0 Å². The zero-order valence-electron chi connectivity index (χ0n) is 18.1. The van der Waals surface area contributed by atoms with Crippen molar-refractivity contribution in [3.8, 4) is 16.8 Å². The number of hydrogen-bond acceptors (Lipinski definition) is 5. The summed E-state index contributed by atoms with van der Waals surface area (Å²) >= 11 is 0. The van der Waals surface area contributed by atoms with Crippen LogP contribution < -0.4 is 5.32 Å². The van der Waals surface area contributed by atoms with Crippen molar-refractivity contribution in [1.82, 2.24) is 25.5 Å². The highest BCUT2D eigenvalue weighted by molar-refractivity contribution is 5.96. The second kappa shape index (κ2) is 8.70. The van der Waals surface area contributed by atoms with Gasteiger partial charge in [0, 0.05) is 11.5 Å². The smallest absolute Gasteiger partial charge is 0.394 e. The van der Waals surface area contributed by atoms with E-state index in [0.29, 0.717) is 22.6 Å². The van der Waals surface area contributed by atoms with Crippen molar-refractivity contribution in [2.45, 2.75) is 45.3 Å². The van der Waals surface area contributed by atoms with Crippen LogP contribution in [0.4, 0.5) is 13.2 Å². The van der Waals surface area contributed by atoms with Crippen LogP contribution in [0.5, 0.6) is 0 Å². The van der Waals surface area contributed by atoms with Gasteiger partial charge in [0.05, 0.1) is 23.4 Å². The fourth-order valence-electron chi connectivity index (χ4n) is 3.04. The molecule has 3 rings (SSSR count). The number of aliphatic hydroxyl groups is 1. The monoisotopic (exact) mass is 447 g/mol. The van der Waals surface area contributed by atoms with Crippen molar-refractivity contribution in [2.24, 2.45) is 0 Å². The first-order chi connectivity index (χ1) is 14.9. The summed E-state index contributed by atoms with van der Waals surface area (Å²) in [6, 6.07) is 9.57. The van der Waals surface area contributed by atoms with Crippen LogP contribution in [0.2, 0.25) is 0 Å². The number of aromatic nitrogens is 4. The third-order valence-electron chi connectivity index (χ3n) is 4.83. The average Bonchev–Trinajstić information content (AvgIpc) is 3.23. The minimum absolute atomic E-state index is 0.00896. The molecule has 0 atom stereocenters. The molecular formula is C22H24F3N5O2. The summed E-state index contributed by atoms with van der Waals surface area (Å²) in [5.41, 5.74) is 0.136. The topological polar surface area (TPSA) is 92.9 Å². The van der Waals surface area contributed by atoms with E-state index in [1.807, 2.05) is 13.8 Å². The number of carbonyl (C=O) groups is 1. The van der Waals surface area contributed by atoms with Crippen molar-refractivity contribution in [3.63, 3.8) is 0 Å². The maximum atomic E-state index is 13.0. The first-order valence-electron chi connectivity index (χ1n) is 9.96. The molecule has 1 heterocycles. The zero-order chi connectivity index (χ0) is 23.7. The van der Waals surface area contributed by atoms with E-state index in [9.17, 15) is 23.1 Å². The molecule has 2 N–H and O–H groups in total. The number of carbonyl (C=O) groups excluding carboxylic acids is 1. The molecule has 0 aliphatic heterocycles. The van der Waals surface area contributed by atoms with Gasteiger partial charge in [-0.15, -0.1) is 5.10 Å². The van der Waals surface area contributed by atoms with E-state index in [0.717, 1.165) is 12.1 Å². The van der Waals surface area contributed by atoms with Gasteiger partial charge in [-0.1, -0.05) is 26.0 Å². The summed E-state index contributed by atoms with van der Waals surface area (Å²) in [7, 11) is 0. The second-order valence-corrected chi connectivity index (χ2v) is 8.44. The Morgan fingerprint density at radius 2 is 1.75 bits per heavy atom. The molecule has 1 amide bonds. The molecule has 10 heteroatoms. The lowest BCUT2D eigenvalue weighted by molar-refractivity contribution is -0.137. The van der Waals surface area contributed by atoms with Crippen molar-refractivity contribution in [1.29, 1.82) is 0 Å². The number of nitrogens with zero attached hydrogens (tertiary/aromatic N) is 4. The predicted molar refractivity (Wildman–Crippen MR) is 112 cm³/mol. The molecule has 1 aromatic heterocycles. The molecule has 7 nitrogen and oxygen atoms in total. The van der Waals surface area contributed by atoms with Crippen LogP contribution in [-0.2, 0) is 6.18 Å². The molecule has 0 unspecified atom stereocenters. The van der Waals surface area contributed by atoms with Gasteiger partial charge in [-0.3, -0.25) is 4.79 Å². The lowest BCUT2D eigenvalue weighted by Gasteiger charge is -2.24. The van der Waals surface area contributed by atoms with Gasteiger partial charge in [-0.25, -0.2) is 0 Å². The van der Waals surface area contributed by atoms with Gasteiger partial charge in [0.2, 0.25) is 0 Å². The minimum atomic E-state index is -4.44. The highest BCUT2D eigenvalue weighted by Crippen LogP contribution is 2.32. The lowest BCUT2D eigenvalue weighted by atomic mass is 9.99. The van der Waals surface area contributed by atoms with Crippen LogP contribution in [-0.4, -0.2) is 43.4 Å². The Balaban J connectivity index is 2.12. The van der Waals surface area contributed by atoms with Crippen molar-refractivity contribution in [3.05, 3.63) is 59.4 Å². The second-order valence-electron chi connectivity index (χ2n) is 8.44. The van der Waals surface area contributed by atoms with Crippen LogP contribution >= 0.6 is 0 Å². The summed E-state index contributed by atoms with van der Waals surface area (Å²) in [4.78, 5) is 12.9. The van der Waals surface area contributed by atoms with E-state index in [4.69, 9.17) is 0 Å². The number of rotatable bonds is 6. The highest BCUT2D eigenvalue weighted by Gasteiger charge is 2.30. The van der Waals surface area contributed by atoms with Gasteiger partial charge in [0.25, 0.3) is 5.91 Å². The van der Waals surface area contributed by atoms with Gasteiger partial charge in [0.15, 0.2) is 5.82 Å². The van der Waals surface area contributed by atoms with Gasteiger partial charge >= 0.3 is 6.18 Å². The summed E-state index contributed by atoms with van der Waals surface area (Å²) in [5.74, 6) is 0.111. The molecule has 32 heavy (non-hydrogen) atoms. The number of aliphatic hydroxyl groups excluding tert-OH is 1. The first kappa shape index (κ1) is 23.4. The van der Waals surface area contributed by atoms with Gasteiger partial charge < -0.3 is 10.4 Å². The minimum Gasteiger partial charge on any atom is -0.394 e. The SMILES string of the molecule is CC(C)c1nnnn1-c1cc(C(=O)NC(C)(C)CO)cc(-c2ccc(C(F)(F)F)cc2)c1. The number of tetrazole rings is 1. The van der Waals surface area contributed by atoms with Crippen molar-refractivity contribution >= 4 is 5.91 Å². The largest absolute Gasteiger partial charge is 0.416 e. The van der Waals surface area contributed by atoms with Gasteiger partial charge in [-0.2, -0.15) is 17.9 Å². The van der Waals surface area contributed by atoms with E-state index < -0.39 is 23.2 Å². The molecule has 170 valence electrons. The van der Waals surface area contributed by atoms with E-state index in [-0.39, 0.29) is 18.1 Å². The van der Waals surface area contributed by atoms with E-state index in [2.05, 4.69) is 20.8 Å². The molecule has 0 saturated heterocycles. The Morgan fingerprint density at radius 3 is 2.31 bits per heavy atom. The Hall–Kier alpha value is -3.27. The molecule has 0 spiro atoms. The maximum Gasteiger partial charge on any atom is 0.416 e. The predicted octanol–water partition coefficient (Wildman–Crippen LogP) is 3.97. The zero-order valence-corrected chi connectivity index (χ0v) is 18.1. The van der Waals surface area contributed by atoms with Crippen LogP contribution in [0.15, 0.2) is 42.5 Å². The number of amides is 1. The summed E-state index contributed by atoms with van der Waals surface area (Å²) < 4.78 is 40.4. The highest BCUT2D eigenvalue weighted by atomic mass is 19.4. The lowest BCUT2D eigenvalue weighted by Crippen LogP contribution is -2.46. The van der Waals surface area contributed by atoms with Crippen LogP contribution in [0.3, 0.4) is 0 Å². The third-order valence-corrected chi connectivity index (χ3v) is 4.83. The fourth-order valence-corrected chi connectivity index (χ4v) is 3.04. The summed E-state index contributed by atoms with van der Waals surface area (Å²) in [5, 5.41) is 24.0. The van der Waals surface area contributed by atoms with Gasteiger partial charge in [0.1, 0.15) is 0 Å². The number of hydrogen-bond donors (Lipinski definition) is 2. The molecule has 0 aliphatic rings. The molecule has 0 fully saturated rings.